The molecule has 0 aliphatic heterocycles. The van der Waals surface area contributed by atoms with Gasteiger partial charge in [-0.1, -0.05) is 19.1 Å². The standard InChI is InChI=1S/C17H19NO5S/c1-4-12-11-13(9-10-16(12)22-2)24(20,21)18-15-8-6-5-7-14(15)17(19)23-3/h5-11,18H,4H2,1-3H3. The predicted octanol–water partition coefficient (Wildman–Crippen LogP) is 2.85. The number of anilines is 1. The number of rotatable bonds is 6. The average molecular weight is 349 g/mol. The Labute approximate surface area is 141 Å². The molecule has 0 saturated carbocycles. The van der Waals surface area contributed by atoms with E-state index in [1.54, 1.807) is 24.3 Å². The fraction of sp³-hybridized carbons (Fsp3) is 0.235. The number of methoxy groups -OCH3 is 2. The molecule has 6 nitrogen and oxygen atoms in total. The Balaban J connectivity index is 2.41. The lowest BCUT2D eigenvalue weighted by molar-refractivity contribution is 0.0602. The maximum atomic E-state index is 12.6. The van der Waals surface area contributed by atoms with E-state index < -0.39 is 16.0 Å². The van der Waals surface area contributed by atoms with Crippen LogP contribution in [0.15, 0.2) is 47.4 Å². The number of carbonyl (C=O) groups is 1. The molecule has 2 aromatic carbocycles. The largest absolute Gasteiger partial charge is 0.496 e. The molecule has 0 heterocycles. The number of nitrogens with one attached hydrogen (secondary N) is 1. The second kappa shape index (κ2) is 7.35. The molecule has 0 saturated heterocycles. The monoisotopic (exact) mass is 349 g/mol. The van der Waals surface area contributed by atoms with Gasteiger partial charge < -0.3 is 9.47 Å². The molecule has 0 aliphatic rings. The van der Waals surface area contributed by atoms with Crippen LogP contribution in [0, 0.1) is 0 Å². The number of sulfonamides is 1. The van der Waals surface area contributed by atoms with Gasteiger partial charge in [0.2, 0.25) is 0 Å². The molecular formula is C17H19NO5S. The van der Waals surface area contributed by atoms with E-state index >= 15 is 0 Å². The zero-order valence-corrected chi connectivity index (χ0v) is 14.5. The molecule has 0 radical (unpaired) electrons. The summed E-state index contributed by atoms with van der Waals surface area (Å²) < 4.78 is 37.6. The molecule has 2 aromatic rings. The number of hydrogen-bond donors (Lipinski definition) is 1. The molecule has 0 atom stereocenters. The lowest BCUT2D eigenvalue weighted by Gasteiger charge is -2.13. The number of aryl methyl sites for hydroxylation is 1. The van der Waals surface area contributed by atoms with Crippen molar-refractivity contribution >= 4 is 21.7 Å². The summed E-state index contributed by atoms with van der Waals surface area (Å²) in [6, 6.07) is 10.9. The van der Waals surface area contributed by atoms with E-state index in [1.165, 1.54) is 32.4 Å². The van der Waals surface area contributed by atoms with E-state index in [1.807, 2.05) is 6.92 Å². The number of ether oxygens (including phenoxy) is 2. The minimum Gasteiger partial charge on any atom is -0.496 e. The van der Waals surface area contributed by atoms with Crippen LogP contribution in [-0.4, -0.2) is 28.6 Å². The smallest absolute Gasteiger partial charge is 0.339 e. The Kier molecular flexibility index (Phi) is 5.46. The van der Waals surface area contributed by atoms with E-state index in [4.69, 9.17) is 4.74 Å². The molecule has 7 heteroatoms. The molecule has 1 N–H and O–H groups in total. The SMILES string of the molecule is CCc1cc(S(=O)(=O)Nc2ccccc2C(=O)OC)ccc1OC. The fourth-order valence-corrected chi connectivity index (χ4v) is 3.39. The minimum atomic E-state index is -3.85. The van der Waals surface area contributed by atoms with Gasteiger partial charge in [-0.05, 0) is 42.3 Å². The van der Waals surface area contributed by atoms with E-state index in [-0.39, 0.29) is 16.1 Å². The first kappa shape index (κ1) is 17.8. The van der Waals surface area contributed by atoms with Gasteiger partial charge in [0.1, 0.15) is 5.75 Å². The molecule has 0 bridgehead atoms. The normalized spacial score (nSPS) is 11.0. The summed E-state index contributed by atoms with van der Waals surface area (Å²) >= 11 is 0. The second-order valence-corrected chi connectivity index (χ2v) is 6.65. The van der Waals surface area contributed by atoms with Crippen LogP contribution in [0.1, 0.15) is 22.8 Å². The molecule has 24 heavy (non-hydrogen) atoms. The highest BCUT2D eigenvalue weighted by atomic mass is 32.2. The quantitative estimate of drug-likeness (QED) is 0.811. The van der Waals surface area contributed by atoms with Gasteiger partial charge in [-0.25, -0.2) is 13.2 Å². The van der Waals surface area contributed by atoms with Crippen molar-refractivity contribution in [1.82, 2.24) is 0 Å². The van der Waals surface area contributed by atoms with Crippen LogP contribution in [0.3, 0.4) is 0 Å². The average Bonchev–Trinajstić information content (AvgIpc) is 2.60. The van der Waals surface area contributed by atoms with Crippen molar-refractivity contribution in [2.75, 3.05) is 18.9 Å². The third kappa shape index (κ3) is 3.68. The number of esters is 1. The summed E-state index contributed by atoms with van der Waals surface area (Å²) in [5, 5.41) is 0. The Morgan fingerprint density at radius 2 is 1.83 bits per heavy atom. The van der Waals surface area contributed by atoms with Gasteiger partial charge in [0.15, 0.2) is 0 Å². The Bertz CT molecular complexity index is 846. The zero-order valence-electron chi connectivity index (χ0n) is 13.7. The minimum absolute atomic E-state index is 0.0971. The van der Waals surface area contributed by atoms with Crippen LogP contribution < -0.4 is 9.46 Å². The van der Waals surface area contributed by atoms with Crippen molar-refractivity contribution in [3.63, 3.8) is 0 Å². The molecule has 0 unspecified atom stereocenters. The number of carbonyl (C=O) groups excluding carboxylic acids is 1. The summed E-state index contributed by atoms with van der Waals surface area (Å²) in [5.74, 6) is 0.0173. The van der Waals surface area contributed by atoms with Crippen molar-refractivity contribution in [3.05, 3.63) is 53.6 Å². The number of hydrogen-bond acceptors (Lipinski definition) is 5. The van der Waals surface area contributed by atoms with Crippen LogP contribution in [0.4, 0.5) is 5.69 Å². The van der Waals surface area contributed by atoms with Crippen LogP contribution in [0.5, 0.6) is 5.75 Å². The highest BCUT2D eigenvalue weighted by Gasteiger charge is 2.20. The fourth-order valence-electron chi connectivity index (χ4n) is 2.26. The number of benzene rings is 2. The van der Waals surface area contributed by atoms with E-state index in [0.717, 1.165) is 5.56 Å². The van der Waals surface area contributed by atoms with E-state index in [2.05, 4.69) is 9.46 Å². The first-order valence-electron chi connectivity index (χ1n) is 7.30. The Morgan fingerprint density at radius 3 is 2.46 bits per heavy atom. The van der Waals surface area contributed by atoms with Gasteiger partial charge in [-0.15, -0.1) is 0 Å². The molecule has 0 aliphatic carbocycles. The molecule has 128 valence electrons. The predicted molar refractivity (Wildman–Crippen MR) is 91.0 cm³/mol. The van der Waals surface area contributed by atoms with Crippen molar-refractivity contribution in [2.24, 2.45) is 0 Å². The third-order valence-corrected chi connectivity index (χ3v) is 4.88. The molecular weight excluding hydrogens is 330 g/mol. The third-order valence-electron chi connectivity index (χ3n) is 3.52. The Morgan fingerprint density at radius 1 is 1.12 bits per heavy atom. The molecule has 2 rings (SSSR count). The highest BCUT2D eigenvalue weighted by molar-refractivity contribution is 7.92. The lowest BCUT2D eigenvalue weighted by Crippen LogP contribution is -2.16. The van der Waals surface area contributed by atoms with Crippen LogP contribution in [0.2, 0.25) is 0 Å². The maximum absolute atomic E-state index is 12.6. The van der Waals surface area contributed by atoms with Crippen molar-refractivity contribution < 1.29 is 22.7 Å². The topological polar surface area (TPSA) is 81.7 Å². The van der Waals surface area contributed by atoms with E-state index in [9.17, 15) is 13.2 Å². The molecule has 0 fully saturated rings. The first-order chi connectivity index (χ1) is 11.4. The Hall–Kier alpha value is -2.54. The lowest BCUT2D eigenvalue weighted by atomic mass is 10.1. The first-order valence-corrected chi connectivity index (χ1v) is 8.78. The highest BCUT2D eigenvalue weighted by Crippen LogP contribution is 2.25. The van der Waals surface area contributed by atoms with Crippen molar-refractivity contribution in [3.8, 4) is 5.75 Å². The van der Waals surface area contributed by atoms with Crippen LogP contribution >= 0.6 is 0 Å². The van der Waals surface area contributed by atoms with Crippen molar-refractivity contribution in [1.29, 1.82) is 0 Å². The number of para-hydroxylation sites is 1. The summed E-state index contributed by atoms with van der Waals surface area (Å²) in [7, 11) is -1.07. The summed E-state index contributed by atoms with van der Waals surface area (Å²) in [6.07, 6.45) is 0.630. The summed E-state index contributed by atoms with van der Waals surface area (Å²) in [4.78, 5) is 11.9. The zero-order chi connectivity index (χ0) is 17.7. The van der Waals surface area contributed by atoms with Gasteiger partial charge in [0, 0.05) is 0 Å². The molecule has 0 spiro atoms. The van der Waals surface area contributed by atoms with Crippen LogP contribution in [-0.2, 0) is 21.2 Å². The van der Waals surface area contributed by atoms with Gasteiger partial charge in [0.05, 0.1) is 30.4 Å². The second-order valence-electron chi connectivity index (χ2n) is 4.97. The van der Waals surface area contributed by atoms with Crippen molar-refractivity contribution in [2.45, 2.75) is 18.2 Å². The van der Waals surface area contributed by atoms with Gasteiger partial charge in [-0.2, -0.15) is 0 Å². The molecule has 0 amide bonds. The molecule has 0 aromatic heterocycles. The van der Waals surface area contributed by atoms with Gasteiger partial charge in [0.25, 0.3) is 10.0 Å². The van der Waals surface area contributed by atoms with Gasteiger partial charge >= 0.3 is 5.97 Å². The van der Waals surface area contributed by atoms with Gasteiger partial charge in [-0.3, -0.25) is 4.72 Å². The summed E-state index contributed by atoms with van der Waals surface area (Å²) in [6.45, 7) is 1.91. The van der Waals surface area contributed by atoms with Crippen LogP contribution in [0.25, 0.3) is 0 Å². The summed E-state index contributed by atoms with van der Waals surface area (Å²) in [5.41, 5.74) is 1.09. The maximum Gasteiger partial charge on any atom is 0.339 e. The van der Waals surface area contributed by atoms with E-state index in [0.29, 0.717) is 12.2 Å².